The number of benzene rings is 1. The van der Waals surface area contributed by atoms with E-state index < -0.39 is 17.9 Å². The van der Waals surface area contributed by atoms with E-state index in [0.29, 0.717) is 0 Å². The third-order valence-electron chi connectivity index (χ3n) is 2.40. The highest BCUT2D eigenvalue weighted by Crippen LogP contribution is 2.25. The minimum atomic E-state index is -0.604. The number of carbonyl (C=O) groups excluding carboxylic acids is 3. The Balaban J connectivity index is 3.24. The van der Waals surface area contributed by atoms with E-state index in [9.17, 15) is 14.4 Å². The monoisotopic (exact) mass is 292 g/mol. The molecule has 0 spiro atoms. The topological polar surface area (TPSA) is 78.9 Å². The highest BCUT2D eigenvalue weighted by Gasteiger charge is 2.15. The van der Waals surface area contributed by atoms with Crippen molar-refractivity contribution in [3.05, 3.63) is 35.4 Å². The van der Waals surface area contributed by atoms with Gasteiger partial charge in [-0.3, -0.25) is 4.79 Å². The van der Waals surface area contributed by atoms with Gasteiger partial charge in [0, 0.05) is 18.6 Å². The van der Waals surface area contributed by atoms with Crippen molar-refractivity contribution in [2.45, 2.75) is 13.8 Å². The van der Waals surface area contributed by atoms with Crippen LogP contribution < -0.4 is 4.74 Å². The van der Waals surface area contributed by atoms with Gasteiger partial charge in [0.2, 0.25) is 0 Å². The zero-order chi connectivity index (χ0) is 15.8. The number of hydrogen-bond donors (Lipinski definition) is 0. The zero-order valence-corrected chi connectivity index (χ0v) is 12.0. The van der Waals surface area contributed by atoms with Gasteiger partial charge in [0.25, 0.3) is 0 Å². The van der Waals surface area contributed by atoms with Crippen LogP contribution in [0.4, 0.5) is 0 Å². The van der Waals surface area contributed by atoms with Gasteiger partial charge in [0.15, 0.2) is 0 Å². The largest absolute Gasteiger partial charge is 0.465 e. The maximum absolute atomic E-state index is 11.7. The first-order chi connectivity index (χ1) is 9.99. The summed E-state index contributed by atoms with van der Waals surface area (Å²) in [4.78, 5) is 34.2. The summed E-state index contributed by atoms with van der Waals surface area (Å²) in [5.41, 5.74) is 0.449. The van der Waals surface area contributed by atoms with Crippen molar-refractivity contribution in [3.8, 4) is 5.75 Å². The van der Waals surface area contributed by atoms with E-state index in [1.807, 2.05) is 0 Å². The Hall–Kier alpha value is -2.63. The van der Waals surface area contributed by atoms with Crippen LogP contribution in [0.15, 0.2) is 24.3 Å². The Labute approximate surface area is 122 Å². The molecule has 0 radical (unpaired) electrons. The lowest BCUT2D eigenvalue weighted by Gasteiger charge is -2.09. The van der Waals surface area contributed by atoms with Gasteiger partial charge < -0.3 is 14.2 Å². The molecule has 0 aliphatic rings. The predicted octanol–water partition coefficient (Wildman–Crippen LogP) is 1.97. The Morgan fingerprint density at radius 1 is 1.24 bits per heavy atom. The van der Waals surface area contributed by atoms with Crippen molar-refractivity contribution in [2.24, 2.45) is 0 Å². The Morgan fingerprint density at radius 2 is 1.95 bits per heavy atom. The molecule has 0 atom stereocenters. The first-order valence-electron chi connectivity index (χ1n) is 6.24. The van der Waals surface area contributed by atoms with Gasteiger partial charge in [-0.1, -0.05) is 6.07 Å². The van der Waals surface area contributed by atoms with Crippen molar-refractivity contribution in [1.29, 1.82) is 0 Å². The molecule has 112 valence electrons. The average molecular weight is 292 g/mol. The molecule has 0 amide bonds. The molecule has 1 aromatic carbocycles. The zero-order valence-electron chi connectivity index (χ0n) is 12.0. The number of carbonyl (C=O) groups is 3. The van der Waals surface area contributed by atoms with E-state index >= 15 is 0 Å². The van der Waals surface area contributed by atoms with E-state index in [1.54, 1.807) is 13.0 Å². The van der Waals surface area contributed by atoms with Crippen LogP contribution in [0, 0.1) is 0 Å². The summed E-state index contributed by atoms with van der Waals surface area (Å²) < 4.78 is 14.4. The molecule has 6 heteroatoms. The molecule has 0 aromatic heterocycles. The van der Waals surface area contributed by atoms with Crippen LogP contribution in [0.1, 0.15) is 29.8 Å². The molecule has 0 aliphatic carbocycles. The molecule has 0 saturated carbocycles. The van der Waals surface area contributed by atoms with E-state index in [4.69, 9.17) is 9.47 Å². The van der Waals surface area contributed by atoms with E-state index in [2.05, 4.69) is 4.74 Å². The molecule has 0 heterocycles. The van der Waals surface area contributed by atoms with Crippen molar-refractivity contribution in [1.82, 2.24) is 0 Å². The van der Waals surface area contributed by atoms with Gasteiger partial charge in [0.1, 0.15) is 5.75 Å². The Morgan fingerprint density at radius 3 is 2.52 bits per heavy atom. The predicted molar refractivity (Wildman–Crippen MR) is 74.8 cm³/mol. The standard InChI is InChI=1S/C15H16O6/c1-4-20-14(17)9-8-11-12(15(18)19-3)6-5-7-13(11)21-10(2)16/h5-9H,4H2,1-3H3/b9-8+. The van der Waals surface area contributed by atoms with Gasteiger partial charge in [-0.2, -0.15) is 0 Å². The molecule has 0 saturated heterocycles. The van der Waals surface area contributed by atoms with Crippen LogP contribution >= 0.6 is 0 Å². The summed E-state index contributed by atoms with van der Waals surface area (Å²) >= 11 is 0. The van der Waals surface area contributed by atoms with Gasteiger partial charge >= 0.3 is 17.9 Å². The minimum absolute atomic E-state index is 0.158. The summed E-state index contributed by atoms with van der Waals surface area (Å²) in [5, 5.41) is 0. The van der Waals surface area contributed by atoms with Crippen LogP contribution in [0.5, 0.6) is 5.75 Å². The van der Waals surface area contributed by atoms with Crippen LogP contribution in [-0.4, -0.2) is 31.6 Å². The second kappa shape index (κ2) is 7.84. The summed E-state index contributed by atoms with van der Waals surface area (Å²) in [6.07, 6.45) is 2.50. The molecule has 0 unspecified atom stereocenters. The smallest absolute Gasteiger partial charge is 0.338 e. The summed E-state index contributed by atoms with van der Waals surface area (Å²) in [5.74, 6) is -1.55. The SMILES string of the molecule is CCOC(=O)/C=C/c1c(OC(C)=O)cccc1C(=O)OC. The van der Waals surface area contributed by atoms with Crippen LogP contribution in [-0.2, 0) is 19.1 Å². The number of rotatable bonds is 5. The van der Waals surface area contributed by atoms with Gasteiger partial charge in [0.05, 0.1) is 19.3 Å². The van der Waals surface area contributed by atoms with Crippen molar-refractivity contribution < 1.29 is 28.6 Å². The molecular weight excluding hydrogens is 276 g/mol. The highest BCUT2D eigenvalue weighted by atomic mass is 16.5. The number of hydrogen-bond acceptors (Lipinski definition) is 6. The molecule has 6 nitrogen and oxygen atoms in total. The lowest BCUT2D eigenvalue weighted by atomic mass is 10.1. The maximum atomic E-state index is 11.7. The average Bonchev–Trinajstić information content (AvgIpc) is 2.44. The number of esters is 3. The second-order valence-corrected chi connectivity index (χ2v) is 3.89. The van der Waals surface area contributed by atoms with Crippen molar-refractivity contribution in [3.63, 3.8) is 0 Å². The van der Waals surface area contributed by atoms with Crippen LogP contribution in [0.2, 0.25) is 0 Å². The molecule has 0 fully saturated rings. The lowest BCUT2D eigenvalue weighted by Crippen LogP contribution is -2.08. The maximum Gasteiger partial charge on any atom is 0.338 e. The molecular formula is C15H16O6. The summed E-state index contributed by atoms with van der Waals surface area (Å²) in [7, 11) is 1.24. The summed E-state index contributed by atoms with van der Waals surface area (Å²) in [6.45, 7) is 3.15. The van der Waals surface area contributed by atoms with Crippen LogP contribution in [0.3, 0.4) is 0 Å². The third-order valence-corrected chi connectivity index (χ3v) is 2.40. The van der Waals surface area contributed by atoms with Gasteiger partial charge in [-0.05, 0) is 25.1 Å². The minimum Gasteiger partial charge on any atom is -0.465 e. The fraction of sp³-hybridized carbons (Fsp3) is 0.267. The summed E-state index contributed by atoms with van der Waals surface area (Å²) in [6, 6.07) is 4.56. The fourth-order valence-corrected chi connectivity index (χ4v) is 1.59. The number of ether oxygens (including phenoxy) is 3. The van der Waals surface area contributed by atoms with Crippen LogP contribution in [0.25, 0.3) is 6.08 Å². The van der Waals surface area contributed by atoms with Crippen molar-refractivity contribution in [2.75, 3.05) is 13.7 Å². The quantitative estimate of drug-likeness (QED) is 0.469. The second-order valence-electron chi connectivity index (χ2n) is 3.89. The highest BCUT2D eigenvalue weighted by molar-refractivity contribution is 5.97. The molecule has 0 aliphatic heterocycles. The molecule has 21 heavy (non-hydrogen) atoms. The normalized spacial score (nSPS) is 10.2. The number of methoxy groups -OCH3 is 1. The fourth-order valence-electron chi connectivity index (χ4n) is 1.59. The molecule has 0 bridgehead atoms. The molecule has 1 rings (SSSR count). The van der Waals surface area contributed by atoms with Crippen molar-refractivity contribution >= 4 is 24.0 Å². The van der Waals surface area contributed by atoms with Gasteiger partial charge in [-0.25, -0.2) is 9.59 Å². The lowest BCUT2D eigenvalue weighted by molar-refractivity contribution is -0.137. The van der Waals surface area contributed by atoms with E-state index in [1.165, 1.54) is 32.2 Å². The Bertz CT molecular complexity index is 574. The third kappa shape index (κ3) is 4.76. The Kier molecular flexibility index (Phi) is 6.13. The first-order valence-corrected chi connectivity index (χ1v) is 6.24. The first kappa shape index (κ1) is 16.4. The van der Waals surface area contributed by atoms with Gasteiger partial charge in [-0.15, -0.1) is 0 Å². The van der Waals surface area contributed by atoms with E-state index in [-0.39, 0.29) is 23.5 Å². The molecule has 0 N–H and O–H groups in total. The molecule has 1 aromatic rings. The van der Waals surface area contributed by atoms with E-state index in [0.717, 1.165) is 6.08 Å².